The van der Waals surface area contributed by atoms with E-state index < -0.39 is 22.0 Å². The topological polar surface area (TPSA) is 92.4 Å². The Morgan fingerprint density at radius 1 is 1.59 bits per heavy atom. The molecule has 6 heteroatoms. The molecular formula is C11H18N2O3S. The number of terminal acetylenes is 1. The van der Waals surface area contributed by atoms with Crippen molar-refractivity contribution in [2.75, 3.05) is 6.54 Å². The minimum atomic E-state index is -1.08. The summed E-state index contributed by atoms with van der Waals surface area (Å²) in [6, 6.07) is -1.03. The van der Waals surface area contributed by atoms with Gasteiger partial charge in [0.1, 0.15) is 6.04 Å². The van der Waals surface area contributed by atoms with Crippen molar-refractivity contribution < 1.29 is 14.7 Å². The lowest BCUT2D eigenvalue weighted by Gasteiger charge is -2.30. The first-order valence-corrected chi connectivity index (χ1v) is 5.97. The molecule has 0 rings (SSSR count). The van der Waals surface area contributed by atoms with E-state index in [0.717, 1.165) is 0 Å². The molecule has 4 N–H and O–H groups in total. The summed E-state index contributed by atoms with van der Waals surface area (Å²) in [5.41, 5.74) is 5.56. The molecule has 96 valence electrons. The number of hydrogen-bond acceptors (Lipinski definition) is 4. The lowest BCUT2D eigenvalue weighted by Crippen LogP contribution is -2.48. The van der Waals surface area contributed by atoms with Crippen LogP contribution in [0, 0.1) is 12.3 Å². The van der Waals surface area contributed by atoms with E-state index in [9.17, 15) is 9.59 Å². The molecule has 0 aliphatic rings. The van der Waals surface area contributed by atoms with E-state index in [-0.39, 0.29) is 12.5 Å². The molecule has 0 bridgehead atoms. The normalized spacial score (nSPS) is 14.5. The highest BCUT2D eigenvalue weighted by atomic mass is 32.2. The van der Waals surface area contributed by atoms with Crippen molar-refractivity contribution in [2.45, 2.75) is 36.8 Å². The third-order valence-electron chi connectivity index (χ3n) is 2.23. The van der Waals surface area contributed by atoms with Gasteiger partial charge in [0.05, 0.1) is 11.8 Å². The molecule has 5 nitrogen and oxygen atoms in total. The van der Waals surface area contributed by atoms with Gasteiger partial charge in [-0.3, -0.25) is 9.59 Å². The summed E-state index contributed by atoms with van der Waals surface area (Å²) in [4.78, 5) is 22.4. The fourth-order valence-corrected chi connectivity index (χ4v) is 2.51. The second kappa shape index (κ2) is 6.52. The van der Waals surface area contributed by atoms with Crippen LogP contribution in [0.2, 0.25) is 0 Å². The number of carbonyl (C=O) groups is 2. The van der Waals surface area contributed by atoms with Crippen LogP contribution in [-0.4, -0.2) is 39.6 Å². The summed E-state index contributed by atoms with van der Waals surface area (Å²) in [5, 5.41) is 11.0. The number of carboxylic acids is 1. The van der Waals surface area contributed by atoms with Crippen LogP contribution in [-0.2, 0) is 9.59 Å². The van der Waals surface area contributed by atoms with Crippen molar-refractivity contribution in [2.24, 2.45) is 5.73 Å². The van der Waals surface area contributed by atoms with Crippen LogP contribution < -0.4 is 11.1 Å². The summed E-state index contributed by atoms with van der Waals surface area (Å²) in [6.45, 7) is 5.24. The Labute approximate surface area is 106 Å². The molecular weight excluding hydrogens is 240 g/mol. The fraction of sp³-hybridized carbons (Fsp3) is 0.636. The predicted molar refractivity (Wildman–Crippen MR) is 68.6 cm³/mol. The second-order valence-corrected chi connectivity index (χ2v) is 6.10. The monoisotopic (exact) mass is 258 g/mol. The van der Waals surface area contributed by atoms with Gasteiger partial charge in [-0.05, 0) is 20.8 Å². The van der Waals surface area contributed by atoms with Crippen molar-refractivity contribution in [3.05, 3.63) is 0 Å². The lowest BCUT2D eigenvalue weighted by molar-refractivity contribution is -0.139. The Balaban J connectivity index is 4.46. The molecule has 0 aliphatic carbocycles. The van der Waals surface area contributed by atoms with Gasteiger partial charge >= 0.3 is 5.97 Å². The van der Waals surface area contributed by atoms with Crippen LogP contribution in [0.3, 0.4) is 0 Å². The second-order valence-electron chi connectivity index (χ2n) is 4.10. The number of hydrogen-bond donors (Lipinski definition) is 3. The van der Waals surface area contributed by atoms with Gasteiger partial charge in [-0.1, -0.05) is 5.92 Å². The highest BCUT2D eigenvalue weighted by Gasteiger charge is 2.35. The third-order valence-corrected chi connectivity index (χ3v) is 3.66. The van der Waals surface area contributed by atoms with Crippen molar-refractivity contribution >= 4 is 23.6 Å². The van der Waals surface area contributed by atoms with Crippen LogP contribution in [0.5, 0.6) is 0 Å². The highest BCUT2D eigenvalue weighted by Crippen LogP contribution is 2.31. The first kappa shape index (κ1) is 15.8. The standard InChI is InChI=1S/C11H18N2O3S/c1-5-6-13-9(14)7(2)17-11(3,4)8(12)10(15)16/h1,7-8H,6,12H2,2-4H3,(H,13,14)(H,15,16)/t7?,8-/m0/s1. The fourth-order valence-electron chi connectivity index (χ4n) is 1.16. The summed E-state index contributed by atoms with van der Waals surface area (Å²) in [7, 11) is 0. The molecule has 17 heavy (non-hydrogen) atoms. The van der Waals surface area contributed by atoms with Crippen LogP contribution in [0.1, 0.15) is 20.8 Å². The van der Waals surface area contributed by atoms with Crippen molar-refractivity contribution in [1.29, 1.82) is 0 Å². The molecule has 0 fully saturated rings. The van der Waals surface area contributed by atoms with Gasteiger partial charge in [-0.2, -0.15) is 0 Å². The van der Waals surface area contributed by atoms with Gasteiger partial charge in [0, 0.05) is 4.75 Å². The highest BCUT2D eigenvalue weighted by molar-refractivity contribution is 8.02. The van der Waals surface area contributed by atoms with E-state index in [1.807, 2.05) is 0 Å². The van der Waals surface area contributed by atoms with Gasteiger partial charge in [0.15, 0.2) is 0 Å². The number of amides is 1. The summed E-state index contributed by atoms with van der Waals surface area (Å²) in [6.07, 6.45) is 5.02. The van der Waals surface area contributed by atoms with E-state index in [4.69, 9.17) is 17.3 Å². The first-order chi connectivity index (χ1) is 7.72. The van der Waals surface area contributed by atoms with Crippen LogP contribution in [0.4, 0.5) is 0 Å². The number of carboxylic acid groups (broad SMARTS) is 1. The third kappa shape index (κ3) is 5.11. The smallest absolute Gasteiger partial charge is 0.321 e. The van der Waals surface area contributed by atoms with Crippen LogP contribution in [0.25, 0.3) is 0 Å². The molecule has 0 heterocycles. The minimum Gasteiger partial charge on any atom is -0.480 e. The molecule has 0 spiro atoms. The minimum absolute atomic E-state index is 0.162. The van der Waals surface area contributed by atoms with Gasteiger partial charge in [0.25, 0.3) is 0 Å². The first-order valence-electron chi connectivity index (χ1n) is 5.09. The molecule has 0 aromatic carbocycles. The Bertz CT molecular complexity index is 336. The van der Waals surface area contributed by atoms with E-state index in [0.29, 0.717) is 0 Å². The average Bonchev–Trinajstić information content (AvgIpc) is 2.23. The van der Waals surface area contributed by atoms with Crippen molar-refractivity contribution in [1.82, 2.24) is 5.32 Å². The quantitative estimate of drug-likeness (QED) is 0.585. The van der Waals surface area contributed by atoms with Gasteiger partial charge in [-0.25, -0.2) is 0 Å². The summed E-state index contributed by atoms with van der Waals surface area (Å²) < 4.78 is -0.737. The van der Waals surface area contributed by atoms with Crippen LogP contribution in [0.15, 0.2) is 0 Å². The van der Waals surface area contributed by atoms with E-state index >= 15 is 0 Å². The van der Waals surface area contributed by atoms with E-state index in [1.165, 1.54) is 11.8 Å². The SMILES string of the molecule is C#CCNC(=O)C(C)SC(C)(C)[C@@H](N)C(=O)O. The Morgan fingerprint density at radius 3 is 2.53 bits per heavy atom. The summed E-state index contributed by atoms with van der Waals surface area (Å²) >= 11 is 1.21. The van der Waals surface area contributed by atoms with Crippen molar-refractivity contribution in [3.8, 4) is 12.3 Å². The van der Waals surface area contributed by atoms with Crippen LogP contribution >= 0.6 is 11.8 Å². The van der Waals surface area contributed by atoms with Gasteiger partial charge < -0.3 is 16.2 Å². The zero-order valence-corrected chi connectivity index (χ0v) is 11.0. The zero-order chi connectivity index (χ0) is 13.6. The lowest BCUT2D eigenvalue weighted by atomic mass is 10.1. The molecule has 0 saturated heterocycles. The predicted octanol–water partition coefficient (Wildman–Crippen LogP) is 0.0480. The number of carbonyl (C=O) groups excluding carboxylic acids is 1. The number of nitrogens with two attached hydrogens (primary N) is 1. The maximum absolute atomic E-state index is 11.6. The number of nitrogens with one attached hydrogen (secondary N) is 1. The Morgan fingerprint density at radius 2 is 2.12 bits per heavy atom. The van der Waals surface area contributed by atoms with Gasteiger partial charge in [0.2, 0.25) is 5.91 Å². The van der Waals surface area contributed by atoms with E-state index in [1.54, 1.807) is 20.8 Å². The zero-order valence-electron chi connectivity index (χ0n) is 10.2. The number of thioether (sulfide) groups is 1. The molecule has 1 amide bonds. The maximum atomic E-state index is 11.6. The molecule has 2 atom stereocenters. The molecule has 1 unspecified atom stereocenters. The molecule has 0 saturated carbocycles. The van der Waals surface area contributed by atoms with Crippen molar-refractivity contribution in [3.63, 3.8) is 0 Å². The molecule has 0 radical (unpaired) electrons. The molecule has 0 aliphatic heterocycles. The Kier molecular flexibility index (Phi) is 6.07. The Hall–Kier alpha value is -1.19. The summed E-state index contributed by atoms with van der Waals surface area (Å²) in [5.74, 6) is 0.989. The number of aliphatic carboxylic acids is 1. The average molecular weight is 258 g/mol. The van der Waals surface area contributed by atoms with E-state index in [2.05, 4.69) is 11.2 Å². The molecule has 0 aromatic rings. The molecule has 0 aromatic heterocycles. The number of rotatable bonds is 6. The maximum Gasteiger partial charge on any atom is 0.321 e. The van der Waals surface area contributed by atoms with Gasteiger partial charge in [-0.15, -0.1) is 18.2 Å². The largest absolute Gasteiger partial charge is 0.480 e.